The summed E-state index contributed by atoms with van der Waals surface area (Å²) in [4.78, 5) is 26.3. The van der Waals surface area contributed by atoms with E-state index in [4.69, 9.17) is 9.15 Å². The molecule has 30 heavy (non-hydrogen) atoms. The Balaban J connectivity index is 1.24. The molecule has 1 fully saturated rings. The molecule has 3 aromatic rings. The summed E-state index contributed by atoms with van der Waals surface area (Å²) in [5, 5.41) is 11.1. The van der Waals surface area contributed by atoms with Crippen LogP contribution in [0.15, 0.2) is 52.9 Å². The number of carbonyl (C=O) groups excluding carboxylic acids is 2. The van der Waals surface area contributed by atoms with Gasteiger partial charge in [-0.2, -0.15) is 0 Å². The monoisotopic (exact) mass is 404 g/mol. The van der Waals surface area contributed by atoms with Crippen LogP contribution >= 0.6 is 0 Å². The topological polar surface area (TPSA) is 97.6 Å². The molecule has 0 bridgehead atoms. The van der Waals surface area contributed by atoms with Crippen molar-refractivity contribution in [3.05, 3.63) is 60.0 Å². The van der Waals surface area contributed by atoms with Gasteiger partial charge in [-0.3, -0.25) is 9.59 Å². The first-order valence-corrected chi connectivity index (χ1v) is 9.92. The van der Waals surface area contributed by atoms with E-state index in [-0.39, 0.29) is 24.3 Å². The van der Waals surface area contributed by atoms with E-state index in [0.29, 0.717) is 41.9 Å². The number of aromatic nitrogens is 2. The van der Waals surface area contributed by atoms with Crippen molar-refractivity contribution in [1.29, 1.82) is 0 Å². The average Bonchev–Trinajstić information content (AvgIpc) is 3.29. The second kappa shape index (κ2) is 7.62. The molecule has 0 atom stereocenters. The summed E-state index contributed by atoms with van der Waals surface area (Å²) in [6, 6.07) is 14.8. The molecule has 152 valence electrons. The molecule has 2 amide bonds. The number of likely N-dealkylation sites (tertiary alicyclic amines) is 1. The van der Waals surface area contributed by atoms with Crippen molar-refractivity contribution in [2.24, 2.45) is 0 Å². The predicted molar refractivity (Wildman–Crippen MR) is 108 cm³/mol. The molecule has 1 aromatic heterocycles. The standard InChI is InChI=1S/C22H20N4O4/c27-19-13-29-18-7-6-16(12-17(18)23-19)22(28)26-10-8-15(9-11-26)21-25-24-20(30-21)14-4-2-1-3-5-14/h1-7,12,15H,8-11,13H2,(H,23,27). The number of anilines is 1. The van der Waals surface area contributed by atoms with Crippen LogP contribution in [0.2, 0.25) is 0 Å². The van der Waals surface area contributed by atoms with Crippen molar-refractivity contribution in [1.82, 2.24) is 15.1 Å². The zero-order valence-electron chi connectivity index (χ0n) is 16.2. The highest BCUT2D eigenvalue weighted by Gasteiger charge is 2.28. The van der Waals surface area contributed by atoms with Crippen molar-refractivity contribution in [3.63, 3.8) is 0 Å². The molecule has 0 saturated carbocycles. The summed E-state index contributed by atoms with van der Waals surface area (Å²) in [5.74, 6) is 1.57. The number of piperidine rings is 1. The largest absolute Gasteiger partial charge is 0.482 e. The average molecular weight is 404 g/mol. The van der Waals surface area contributed by atoms with E-state index < -0.39 is 0 Å². The summed E-state index contributed by atoms with van der Waals surface area (Å²) in [7, 11) is 0. The van der Waals surface area contributed by atoms with Gasteiger partial charge in [0.2, 0.25) is 11.8 Å². The number of benzene rings is 2. The lowest BCUT2D eigenvalue weighted by Crippen LogP contribution is -2.38. The first-order chi connectivity index (χ1) is 14.7. The molecule has 0 radical (unpaired) electrons. The van der Waals surface area contributed by atoms with Crippen LogP contribution < -0.4 is 10.1 Å². The van der Waals surface area contributed by atoms with Gasteiger partial charge in [0.1, 0.15) is 5.75 Å². The van der Waals surface area contributed by atoms with Crippen LogP contribution in [0, 0.1) is 0 Å². The van der Waals surface area contributed by atoms with Gasteiger partial charge in [0.15, 0.2) is 6.61 Å². The summed E-state index contributed by atoms with van der Waals surface area (Å²) in [6.07, 6.45) is 1.51. The van der Waals surface area contributed by atoms with Gasteiger partial charge in [-0.15, -0.1) is 10.2 Å². The van der Waals surface area contributed by atoms with Gasteiger partial charge in [0.25, 0.3) is 11.8 Å². The number of hydrogen-bond acceptors (Lipinski definition) is 6. The second-order valence-corrected chi connectivity index (χ2v) is 7.43. The molecule has 2 aliphatic heterocycles. The van der Waals surface area contributed by atoms with E-state index in [0.717, 1.165) is 18.4 Å². The van der Waals surface area contributed by atoms with Crippen molar-refractivity contribution in [2.75, 3.05) is 25.0 Å². The number of ether oxygens (including phenoxy) is 1. The Morgan fingerprint density at radius 2 is 1.87 bits per heavy atom. The minimum absolute atomic E-state index is 0.00450. The molecule has 0 aliphatic carbocycles. The molecule has 2 aromatic carbocycles. The number of fused-ring (bicyclic) bond motifs is 1. The summed E-state index contributed by atoms with van der Waals surface area (Å²) in [6.45, 7) is 1.20. The SMILES string of the molecule is O=C1COc2ccc(C(=O)N3CCC(c4nnc(-c5ccccc5)o4)CC3)cc2N1. The molecule has 8 heteroatoms. The van der Waals surface area contributed by atoms with Gasteiger partial charge >= 0.3 is 0 Å². The molecule has 5 rings (SSSR count). The van der Waals surface area contributed by atoms with Gasteiger partial charge < -0.3 is 19.4 Å². The predicted octanol–water partition coefficient (Wildman–Crippen LogP) is 3.09. The maximum absolute atomic E-state index is 12.9. The fraction of sp³-hybridized carbons (Fsp3) is 0.273. The van der Waals surface area contributed by atoms with Gasteiger partial charge in [-0.25, -0.2) is 0 Å². The van der Waals surface area contributed by atoms with Gasteiger partial charge in [0, 0.05) is 30.1 Å². The molecular formula is C22H20N4O4. The van der Waals surface area contributed by atoms with Crippen LogP contribution in [0.4, 0.5) is 5.69 Å². The Morgan fingerprint density at radius 3 is 2.67 bits per heavy atom. The third-order valence-corrected chi connectivity index (χ3v) is 5.45. The third kappa shape index (κ3) is 3.52. The van der Waals surface area contributed by atoms with E-state index >= 15 is 0 Å². The number of carbonyl (C=O) groups is 2. The molecule has 0 unspecified atom stereocenters. The molecule has 8 nitrogen and oxygen atoms in total. The third-order valence-electron chi connectivity index (χ3n) is 5.45. The lowest BCUT2D eigenvalue weighted by Gasteiger charge is -2.30. The van der Waals surface area contributed by atoms with Crippen LogP contribution in [-0.4, -0.2) is 46.6 Å². The quantitative estimate of drug-likeness (QED) is 0.720. The van der Waals surface area contributed by atoms with Crippen LogP contribution in [0.3, 0.4) is 0 Å². The molecule has 1 N–H and O–H groups in total. The van der Waals surface area contributed by atoms with Crippen molar-refractivity contribution in [2.45, 2.75) is 18.8 Å². The van der Waals surface area contributed by atoms with Crippen molar-refractivity contribution in [3.8, 4) is 17.2 Å². The second-order valence-electron chi connectivity index (χ2n) is 7.43. The zero-order valence-corrected chi connectivity index (χ0v) is 16.2. The summed E-state index contributed by atoms with van der Waals surface area (Å²) in [5.41, 5.74) is 1.96. The van der Waals surface area contributed by atoms with Gasteiger partial charge in [-0.05, 0) is 43.2 Å². The number of nitrogens with one attached hydrogen (secondary N) is 1. The summed E-state index contributed by atoms with van der Waals surface area (Å²) >= 11 is 0. The zero-order chi connectivity index (χ0) is 20.5. The fourth-order valence-electron chi connectivity index (χ4n) is 3.83. The fourth-order valence-corrected chi connectivity index (χ4v) is 3.83. The van der Waals surface area contributed by atoms with Gasteiger partial charge in [-0.1, -0.05) is 18.2 Å². The number of hydrogen-bond donors (Lipinski definition) is 1. The van der Waals surface area contributed by atoms with E-state index in [1.165, 1.54) is 0 Å². The minimum atomic E-state index is -0.220. The van der Waals surface area contributed by atoms with Crippen LogP contribution in [0.1, 0.15) is 35.0 Å². The van der Waals surface area contributed by atoms with Crippen LogP contribution in [0.25, 0.3) is 11.5 Å². The summed E-state index contributed by atoms with van der Waals surface area (Å²) < 4.78 is 11.2. The number of amides is 2. The Kier molecular flexibility index (Phi) is 4.66. The Morgan fingerprint density at radius 1 is 1.07 bits per heavy atom. The lowest BCUT2D eigenvalue weighted by molar-refractivity contribution is -0.118. The number of nitrogens with zero attached hydrogens (tertiary/aromatic N) is 3. The normalized spacial score (nSPS) is 16.5. The molecular weight excluding hydrogens is 384 g/mol. The first-order valence-electron chi connectivity index (χ1n) is 9.92. The van der Waals surface area contributed by atoms with E-state index in [1.54, 1.807) is 18.2 Å². The van der Waals surface area contributed by atoms with Crippen molar-refractivity contribution >= 4 is 17.5 Å². The Labute approximate surface area is 172 Å². The van der Waals surface area contributed by atoms with Crippen LogP contribution in [-0.2, 0) is 4.79 Å². The van der Waals surface area contributed by atoms with Crippen molar-refractivity contribution < 1.29 is 18.7 Å². The van der Waals surface area contributed by atoms with Gasteiger partial charge in [0.05, 0.1) is 5.69 Å². The number of rotatable bonds is 3. The first kappa shape index (κ1) is 18.4. The lowest BCUT2D eigenvalue weighted by atomic mass is 9.96. The van der Waals surface area contributed by atoms with Crippen LogP contribution in [0.5, 0.6) is 5.75 Å². The molecule has 2 aliphatic rings. The van der Waals surface area contributed by atoms with E-state index in [2.05, 4.69) is 15.5 Å². The minimum Gasteiger partial charge on any atom is -0.482 e. The smallest absolute Gasteiger partial charge is 0.262 e. The highest BCUT2D eigenvalue weighted by molar-refractivity contribution is 5.99. The molecule has 3 heterocycles. The highest BCUT2D eigenvalue weighted by atomic mass is 16.5. The highest BCUT2D eigenvalue weighted by Crippen LogP contribution is 2.32. The Bertz CT molecular complexity index is 1090. The Hall–Kier alpha value is -3.68. The maximum atomic E-state index is 12.9. The molecule has 1 saturated heterocycles. The van der Waals surface area contributed by atoms with E-state index in [9.17, 15) is 9.59 Å². The maximum Gasteiger partial charge on any atom is 0.262 e. The van der Waals surface area contributed by atoms with E-state index in [1.807, 2.05) is 35.2 Å². The molecule has 0 spiro atoms.